The standard InChI is InChI=1S/C22H24O5/c1-27-21-16-14-18(15-17-21)8-6-11-19(23)9-4-2-3-5-10-20(24)12-7-13-22(25)26/h2-4,9,14-17,19-20,23-24H,7,11-13H2,1H3,(H,25,26)/b3-2+,9-4+/t19-,20-/m0/s1. The summed E-state index contributed by atoms with van der Waals surface area (Å²) in [5.74, 6) is 11.0. The van der Waals surface area contributed by atoms with Crippen molar-refractivity contribution in [2.24, 2.45) is 0 Å². The topological polar surface area (TPSA) is 87.0 Å². The highest BCUT2D eigenvalue weighted by atomic mass is 16.5. The predicted octanol–water partition coefficient (Wildman–Crippen LogP) is 2.53. The molecule has 0 unspecified atom stereocenters. The third-order valence-electron chi connectivity index (χ3n) is 3.38. The van der Waals surface area contributed by atoms with E-state index in [-0.39, 0.29) is 6.42 Å². The first kappa shape index (κ1) is 22.1. The zero-order valence-electron chi connectivity index (χ0n) is 15.3. The fourth-order valence-electron chi connectivity index (χ4n) is 1.96. The molecule has 0 amide bonds. The van der Waals surface area contributed by atoms with Crippen LogP contribution in [0.15, 0.2) is 48.6 Å². The minimum absolute atomic E-state index is 0.0244. The number of aliphatic hydroxyl groups is 2. The maximum Gasteiger partial charge on any atom is 0.303 e. The molecule has 3 N–H and O–H groups in total. The normalized spacial score (nSPS) is 12.7. The first-order valence-electron chi connectivity index (χ1n) is 8.56. The Bertz CT molecular complexity index is 754. The molecular weight excluding hydrogens is 344 g/mol. The largest absolute Gasteiger partial charge is 0.497 e. The average Bonchev–Trinajstić information content (AvgIpc) is 2.64. The van der Waals surface area contributed by atoms with Gasteiger partial charge < -0.3 is 20.1 Å². The highest BCUT2D eigenvalue weighted by Gasteiger charge is 2.01. The molecule has 0 saturated carbocycles. The van der Waals surface area contributed by atoms with Crippen LogP contribution in [0.4, 0.5) is 0 Å². The minimum Gasteiger partial charge on any atom is -0.497 e. The lowest BCUT2D eigenvalue weighted by Gasteiger charge is -1.99. The molecule has 1 aromatic carbocycles. The maximum absolute atomic E-state index is 10.4. The summed E-state index contributed by atoms with van der Waals surface area (Å²) in [4.78, 5) is 10.4. The first-order valence-corrected chi connectivity index (χ1v) is 8.56. The Hall–Kier alpha value is -2.99. The van der Waals surface area contributed by atoms with E-state index < -0.39 is 18.2 Å². The molecule has 0 fully saturated rings. The molecule has 0 aliphatic heterocycles. The molecule has 142 valence electrons. The van der Waals surface area contributed by atoms with Crippen molar-refractivity contribution in [3.05, 3.63) is 54.1 Å². The van der Waals surface area contributed by atoms with Gasteiger partial charge in [-0.15, -0.1) is 0 Å². The number of hydrogen-bond acceptors (Lipinski definition) is 4. The van der Waals surface area contributed by atoms with Crippen LogP contribution in [0.25, 0.3) is 0 Å². The van der Waals surface area contributed by atoms with E-state index in [0.717, 1.165) is 11.3 Å². The van der Waals surface area contributed by atoms with Crippen molar-refractivity contribution in [1.82, 2.24) is 0 Å². The lowest BCUT2D eigenvalue weighted by Crippen LogP contribution is -2.04. The Kier molecular flexibility index (Phi) is 10.8. The second-order valence-corrected chi connectivity index (χ2v) is 5.64. The molecule has 5 heteroatoms. The molecule has 27 heavy (non-hydrogen) atoms. The van der Waals surface area contributed by atoms with Gasteiger partial charge >= 0.3 is 5.97 Å². The number of hydrogen-bond donors (Lipinski definition) is 3. The lowest BCUT2D eigenvalue weighted by atomic mass is 10.1. The number of rotatable bonds is 8. The van der Waals surface area contributed by atoms with Crippen molar-refractivity contribution in [2.45, 2.75) is 37.9 Å². The molecule has 0 bridgehead atoms. The zero-order chi connectivity index (χ0) is 19.9. The molecule has 0 aromatic heterocycles. The van der Waals surface area contributed by atoms with E-state index in [0.29, 0.717) is 19.3 Å². The van der Waals surface area contributed by atoms with Crippen molar-refractivity contribution in [2.75, 3.05) is 7.11 Å². The lowest BCUT2D eigenvalue weighted by molar-refractivity contribution is -0.137. The number of aliphatic hydroxyl groups excluding tert-OH is 2. The highest BCUT2D eigenvalue weighted by molar-refractivity contribution is 5.66. The van der Waals surface area contributed by atoms with E-state index in [2.05, 4.69) is 23.7 Å². The van der Waals surface area contributed by atoms with Gasteiger partial charge in [-0.25, -0.2) is 0 Å². The van der Waals surface area contributed by atoms with E-state index in [9.17, 15) is 15.0 Å². The van der Waals surface area contributed by atoms with Crippen LogP contribution >= 0.6 is 0 Å². The van der Waals surface area contributed by atoms with Crippen LogP contribution in [0.3, 0.4) is 0 Å². The van der Waals surface area contributed by atoms with Crippen LogP contribution in [-0.4, -0.2) is 40.6 Å². The third kappa shape index (κ3) is 11.3. The van der Waals surface area contributed by atoms with E-state index >= 15 is 0 Å². The summed E-state index contributed by atoms with van der Waals surface area (Å²) in [6.45, 7) is 0. The molecule has 0 aliphatic rings. The van der Waals surface area contributed by atoms with Gasteiger partial charge in [0.1, 0.15) is 11.9 Å². The summed E-state index contributed by atoms with van der Waals surface area (Å²) in [5.41, 5.74) is 0.851. The summed E-state index contributed by atoms with van der Waals surface area (Å²) in [5, 5.41) is 27.9. The second kappa shape index (κ2) is 13.2. The third-order valence-corrected chi connectivity index (χ3v) is 3.38. The maximum atomic E-state index is 10.4. The molecule has 0 aliphatic carbocycles. The van der Waals surface area contributed by atoms with Crippen LogP contribution in [0.2, 0.25) is 0 Å². The number of carboxylic acids is 1. The minimum atomic E-state index is -0.882. The Balaban J connectivity index is 2.32. The van der Waals surface area contributed by atoms with Gasteiger partial charge in [0.15, 0.2) is 0 Å². The summed E-state index contributed by atoms with van der Waals surface area (Å²) in [7, 11) is 1.61. The van der Waals surface area contributed by atoms with Crippen molar-refractivity contribution < 1.29 is 24.9 Å². The molecule has 0 heterocycles. The number of aliphatic carboxylic acids is 1. The van der Waals surface area contributed by atoms with Gasteiger partial charge in [-0.05, 0) is 43.2 Å². The summed E-state index contributed by atoms with van der Waals surface area (Å²) < 4.78 is 5.07. The van der Waals surface area contributed by atoms with E-state index in [1.54, 1.807) is 31.4 Å². The van der Waals surface area contributed by atoms with Gasteiger partial charge in [-0.1, -0.05) is 41.9 Å². The van der Waals surface area contributed by atoms with Crippen LogP contribution in [0.1, 0.15) is 31.2 Å². The number of carboxylic acid groups (broad SMARTS) is 1. The fraction of sp³-hybridized carbons (Fsp3) is 0.318. The van der Waals surface area contributed by atoms with Crippen LogP contribution in [0.5, 0.6) is 5.75 Å². The van der Waals surface area contributed by atoms with Gasteiger partial charge in [0.05, 0.1) is 13.2 Å². The summed E-state index contributed by atoms with van der Waals surface area (Å²) >= 11 is 0. The van der Waals surface area contributed by atoms with Gasteiger partial charge in [-0.2, -0.15) is 0 Å². The Morgan fingerprint density at radius 1 is 1.22 bits per heavy atom. The smallest absolute Gasteiger partial charge is 0.303 e. The quantitative estimate of drug-likeness (QED) is 0.485. The first-order chi connectivity index (χ1) is 13.0. The number of methoxy groups -OCH3 is 1. The predicted molar refractivity (Wildman–Crippen MR) is 104 cm³/mol. The molecule has 0 saturated heterocycles. The molecule has 1 aromatic rings. The average molecular weight is 368 g/mol. The van der Waals surface area contributed by atoms with E-state index in [4.69, 9.17) is 9.84 Å². The monoisotopic (exact) mass is 368 g/mol. The summed E-state index contributed by atoms with van der Waals surface area (Å²) in [6.07, 6.45) is 5.99. The van der Waals surface area contributed by atoms with Crippen molar-refractivity contribution in [1.29, 1.82) is 0 Å². The van der Waals surface area contributed by atoms with Crippen molar-refractivity contribution >= 4 is 5.97 Å². The number of allylic oxidation sites excluding steroid dienone is 3. The highest BCUT2D eigenvalue weighted by Crippen LogP contribution is 2.10. The SMILES string of the molecule is COc1ccc(C#CC[C@@H](O)/C=C/C=C/C#C[C@H](O)CCCC(=O)O)cc1. The number of carbonyl (C=O) groups is 1. The van der Waals surface area contributed by atoms with Gasteiger partial charge in [0.25, 0.3) is 0 Å². The van der Waals surface area contributed by atoms with Crippen molar-refractivity contribution in [3.8, 4) is 29.4 Å². The zero-order valence-corrected chi connectivity index (χ0v) is 15.3. The summed E-state index contributed by atoms with van der Waals surface area (Å²) in [6, 6.07) is 7.36. The fourth-order valence-corrected chi connectivity index (χ4v) is 1.96. The van der Waals surface area contributed by atoms with Crippen LogP contribution in [-0.2, 0) is 4.79 Å². The Labute approximate surface area is 160 Å². The molecule has 1 rings (SSSR count). The Morgan fingerprint density at radius 3 is 2.63 bits per heavy atom. The molecular formula is C22H24O5. The van der Waals surface area contributed by atoms with Gasteiger partial charge in [0, 0.05) is 18.4 Å². The van der Waals surface area contributed by atoms with Gasteiger partial charge in [0.2, 0.25) is 0 Å². The second-order valence-electron chi connectivity index (χ2n) is 5.64. The molecule has 5 nitrogen and oxygen atoms in total. The molecule has 0 spiro atoms. The number of benzene rings is 1. The molecule has 2 atom stereocenters. The van der Waals surface area contributed by atoms with Crippen LogP contribution in [0, 0.1) is 23.7 Å². The van der Waals surface area contributed by atoms with E-state index in [1.807, 2.05) is 24.3 Å². The van der Waals surface area contributed by atoms with E-state index in [1.165, 1.54) is 0 Å². The number of ether oxygens (including phenoxy) is 1. The van der Waals surface area contributed by atoms with Crippen LogP contribution < -0.4 is 4.74 Å². The van der Waals surface area contributed by atoms with Crippen molar-refractivity contribution in [3.63, 3.8) is 0 Å². The molecule has 0 radical (unpaired) electrons. The Morgan fingerprint density at radius 2 is 1.96 bits per heavy atom. The van der Waals surface area contributed by atoms with Gasteiger partial charge in [-0.3, -0.25) is 4.79 Å².